The predicted octanol–water partition coefficient (Wildman–Crippen LogP) is 2.53. The number of likely N-dealkylation sites (tertiary alicyclic amines) is 1. The van der Waals surface area contributed by atoms with Crippen molar-refractivity contribution in [3.05, 3.63) is 24.0 Å². The Morgan fingerprint density at radius 1 is 1.47 bits per heavy atom. The fourth-order valence-corrected chi connectivity index (χ4v) is 2.48. The summed E-state index contributed by atoms with van der Waals surface area (Å²) in [6, 6.07) is 3.82. The molecule has 0 aliphatic carbocycles. The van der Waals surface area contributed by atoms with E-state index in [9.17, 15) is 0 Å². The van der Waals surface area contributed by atoms with Crippen LogP contribution in [0.2, 0.25) is 0 Å². The highest BCUT2D eigenvalue weighted by atomic mass is 15.2. The molecule has 0 spiro atoms. The molecule has 0 bridgehead atoms. The maximum absolute atomic E-state index is 5.93. The molecule has 1 atom stereocenters. The maximum atomic E-state index is 5.93. The Hall–Kier alpha value is -1.09. The van der Waals surface area contributed by atoms with Crippen LogP contribution < -0.4 is 5.73 Å². The van der Waals surface area contributed by atoms with Crippen molar-refractivity contribution in [2.75, 3.05) is 18.8 Å². The number of hydrogen-bond acceptors (Lipinski definition) is 3. The first-order valence-electron chi connectivity index (χ1n) is 6.38. The van der Waals surface area contributed by atoms with Crippen LogP contribution in [0.5, 0.6) is 0 Å². The Kier molecular flexibility index (Phi) is 3.38. The fraction of sp³-hybridized carbons (Fsp3) is 0.643. The van der Waals surface area contributed by atoms with Crippen LogP contribution in [0.25, 0.3) is 0 Å². The van der Waals surface area contributed by atoms with Gasteiger partial charge >= 0.3 is 0 Å². The van der Waals surface area contributed by atoms with Crippen LogP contribution in [0.1, 0.15) is 32.9 Å². The first-order valence-corrected chi connectivity index (χ1v) is 6.38. The van der Waals surface area contributed by atoms with Crippen LogP contribution in [-0.4, -0.2) is 23.0 Å². The summed E-state index contributed by atoms with van der Waals surface area (Å²) in [6.07, 6.45) is 3.11. The van der Waals surface area contributed by atoms with E-state index in [-0.39, 0.29) is 0 Å². The van der Waals surface area contributed by atoms with Crippen LogP contribution in [-0.2, 0) is 6.54 Å². The number of pyridine rings is 1. The van der Waals surface area contributed by atoms with Crippen molar-refractivity contribution in [3.63, 3.8) is 0 Å². The van der Waals surface area contributed by atoms with Crippen molar-refractivity contribution in [2.24, 2.45) is 11.3 Å². The summed E-state index contributed by atoms with van der Waals surface area (Å²) in [5, 5.41) is 0. The Morgan fingerprint density at radius 2 is 2.24 bits per heavy atom. The van der Waals surface area contributed by atoms with Gasteiger partial charge in [-0.3, -0.25) is 9.88 Å². The summed E-state index contributed by atoms with van der Waals surface area (Å²) in [7, 11) is 0. The van der Waals surface area contributed by atoms with Gasteiger partial charge in [-0.15, -0.1) is 0 Å². The third-order valence-electron chi connectivity index (χ3n) is 3.80. The molecule has 0 amide bonds. The monoisotopic (exact) mass is 233 g/mol. The molecule has 1 saturated heterocycles. The van der Waals surface area contributed by atoms with Gasteiger partial charge in [0.2, 0.25) is 0 Å². The lowest BCUT2D eigenvalue weighted by Crippen LogP contribution is -2.26. The Balaban J connectivity index is 1.97. The van der Waals surface area contributed by atoms with Crippen LogP contribution in [0.15, 0.2) is 18.3 Å². The summed E-state index contributed by atoms with van der Waals surface area (Å²) >= 11 is 0. The van der Waals surface area contributed by atoms with Crippen LogP contribution in [0.3, 0.4) is 0 Å². The minimum atomic E-state index is 0.407. The van der Waals surface area contributed by atoms with E-state index in [1.54, 1.807) is 0 Å². The number of aromatic nitrogens is 1. The topological polar surface area (TPSA) is 42.2 Å². The van der Waals surface area contributed by atoms with Crippen molar-refractivity contribution in [2.45, 2.75) is 33.7 Å². The minimum Gasteiger partial charge on any atom is -0.397 e. The van der Waals surface area contributed by atoms with Gasteiger partial charge < -0.3 is 5.73 Å². The highest BCUT2D eigenvalue weighted by Crippen LogP contribution is 2.34. The molecule has 1 unspecified atom stereocenters. The average Bonchev–Trinajstić information content (AvgIpc) is 2.69. The Morgan fingerprint density at radius 3 is 2.82 bits per heavy atom. The summed E-state index contributed by atoms with van der Waals surface area (Å²) < 4.78 is 0. The third kappa shape index (κ3) is 2.97. The molecule has 2 rings (SSSR count). The largest absolute Gasteiger partial charge is 0.397 e. The van der Waals surface area contributed by atoms with E-state index in [0.717, 1.165) is 30.4 Å². The van der Waals surface area contributed by atoms with Gasteiger partial charge in [0.25, 0.3) is 0 Å². The minimum absolute atomic E-state index is 0.407. The van der Waals surface area contributed by atoms with Gasteiger partial charge in [-0.1, -0.05) is 20.8 Å². The smallest absolute Gasteiger partial charge is 0.0772 e. The van der Waals surface area contributed by atoms with Crippen LogP contribution in [0.4, 0.5) is 5.69 Å². The van der Waals surface area contributed by atoms with Gasteiger partial charge in [-0.05, 0) is 36.4 Å². The third-order valence-corrected chi connectivity index (χ3v) is 3.80. The molecule has 0 radical (unpaired) electrons. The zero-order chi connectivity index (χ0) is 12.5. The molecule has 0 aromatic carbocycles. The normalized spacial score (nSPS) is 21.9. The molecule has 0 saturated carbocycles. The molecule has 1 aliphatic rings. The molecular formula is C14H23N3. The zero-order valence-electron chi connectivity index (χ0n) is 11.1. The van der Waals surface area contributed by atoms with E-state index in [1.807, 2.05) is 18.3 Å². The van der Waals surface area contributed by atoms with E-state index >= 15 is 0 Å². The molecule has 1 aliphatic heterocycles. The molecule has 1 fully saturated rings. The van der Waals surface area contributed by atoms with Crippen LogP contribution in [0, 0.1) is 11.3 Å². The van der Waals surface area contributed by atoms with Gasteiger partial charge in [-0.25, -0.2) is 0 Å². The first-order chi connectivity index (χ1) is 7.97. The fourth-order valence-electron chi connectivity index (χ4n) is 2.48. The average molecular weight is 233 g/mol. The summed E-state index contributed by atoms with van der Waals surface area (Å²) in [6.45, 7) is 10.2. The molecule has 2 heterocycles. The van der Waals surface area contributed by atoms with Crippen molar-refractivity contribution in [1.82, 2.24) is 9.88 Å². The molecular weight excluding hydrogens is 210 g/mol. The lowest BCUT2D eigenvalue weighted by molar-refractivity contribution is 0.225. The Bertz CT molecular complexity index is 381. The summed E-state index contributed by atoms with van der Waals surface area (Å²) in [4.78, 5) is 6.83. The quantitative estimate of drug-likeness (QED) is 0.853. The highest BCUT2D eigenvalue weighted by molar-refractivity contribution is 5.41. The number of nitrogens with zero attached hydrogens (tertiary/aromatic N) is 2. The molecule has 94 valence electrons. The summed E-state index contributed by atoms with van der Waals surface area (Å²) in [5.74, 6) is 0.785. The molecule has 1 aromatic rings. The van der Waals surface area contributed by atoms with Gasteiger partial charge in [0.05, 0.1) is 11.4 Å². The second-order valence-corrected chi connectivity index (χ2v) is 6.13. The SMILES string of the molecule is CC(C)(C)C1CCN(Cc2ncccc2N)C1. The molecule has 17 heavy (non-hydrogen) atoms. The van der Waals surface area contributed by atoms with Crippen molar-refractivity contribution in [3.8, 4) is 0 Å². The number of nitrogen functional groups attached to an aromatic ring is 1. The van der Waals surface area contributed by atoms with E-state index in [0.29, 0.717) is 5.41 Å². The highest BCUT2D eigenvalue weighted by Gasteiger charge is 2.31. The second kappa shape index (κ2) is 4.65. The summed E-state index contributed by atoms with van der Waals surface area (Å²) in [5.41, 5.74) is 8.16. The zero-order valence-corrected chi connectivity index (χ0v) is 11.1. The first kappa shape index (κ1) is 12.4. The number of anilines is 1. The molecule has 1 aromatic heterocycles. The lowest BCUT2D eigenvalue weighted by Gasteiger charge is -2.27. The van der Waals surface area contributed by atoms with Gasteiger partial charge in [0, 0.05) is 19.3 Å². The maximum Gasteiger partial charge on any atom is 0.0772 e. The van der Waals surface area contributed by atoms with E-state index < -0.39 is 0 Å². The van der Waals surface area contributed by atoms with Crippen molar-refractivity contribution in [1.29, 1.82) is 0 Å². The van der Waals surface area contributed by atoms with E-state index in [2.05, 4.69) is 30.7 Å². The second-order valence-electron chi connectivity index (χ2n) is 6.13. The molecule has 3 nitrogen and oxygen atoms in total. The number of hydrogen-bond donors (Lipinski definition) is 1. The Labute approximate surface area is 104 Å². The van der Waals surface area contributed by atoms with E-state index in [1.165, 1.54) is 13.0 Å². The van der Waals surface area contributed by atoms with Gasteiger partial charge in [0.1, 0.15) is 0 Å². The van der Waals surface area contributed by atoms with Crippen LogP contribution >= 0.6 is 0 Å². The van der Waals surface area contributed by atoms with Gasteiger partial charge in [-0.2, -0.15) is 0 Å². The van der Waals surface area contributed by atoms with Crippen molar-refractivity contribution < 1.29 is 0 Å². The molecule has 3 heteroatoms. The molecule has 2 N–H and O–H groups in total. The van der Waals surface area contributed by atoms with Gasteiger partial charge in [0.15, 0.2) is 0 Å². The standard InChI is InChI=1S/C14H23N3/c1-14(2,3)11-6-8-17(9-11)10-13-12(15)5-4-7-16-13/h4-5,7,11H,6,8-10,15H2,1-3H3. The predicted molar refractivity (Wildman–Crippen MR) is 71.5 cm³/mol. The lowest BCUT2D eigenvalue weighted by atomic mass is 9.80. The number of rotatable bonds is 2. The van der Waals surface area contributed by atoms with E-state index in [4.69, 9.17) is 5.73 Å². The van der Waals surface area contributed by atoms with Crippen molar-refractivity contribution >= 4 is 5.69 Å². The number of nitrogens with two attached hydrogens (primary N) is 1.